The number of hydrogen-bond acceptors (Lipinski definition) is 6. The number of anilines is 2. The van der Waals surface area contributed by atoms with Crippen LogP contribution in [0.2, 0.25) is 0 Å². The number of carbonyl (C=O) groups excluding carboxylic acids is 2. The zero-order chi connectivity index (χ0) is 38.8. The van der Waals surface area contributed by atoms with Gasteiger partial charge in [-0.25, -0.2) is 9.97 Å². The number of hydrogen-bond donors (Lipinski definition) is 4. The van der Waals surface area contributed by atoms with Crippen LogP contribution in [0.1, 0.15) is 30.4 Å². The molecule has 8 heteroatoms. The number of benzene rings is 6. The van der Waals surface area contributed by atoms with Crippen LogP contribution in [-0.2, 0) is 22.4 Å². The maximum Gasteiger partial charge on any atom is 0.242 e. The van der Waals surface area contributed by atoms with Crippen molar-refractivity contribution in [3.05, 3.63) is 169 Å². The molecule has 0 aliphatic heterocycles. The third-order valence-electron chi connectivity index (χ3n) is 10.5. The van der Waals surface area contributed by atoms with Crippen molar-refractivity contribution in [2.75, 3.05) is 23.7 Å². The van der Waals surface area contributed by atoms with Gasteiger partial charge in [-0.1, -0.05) is 133 Å². The molecule has 4 N–H and O–H groups in total. The lowest BCUT2D eigenvalue weighted by Crippen LogP contribution is -2.42. The van der Waals surface area contributed by atoms with E-state index in [4.69, 9.17) is 9.97 Å². The summed E-state index contributed by atoms with van der Waals surface area (Å²) in [6.45, 7) is 1.08. The molecule has 2 atom stereocenters. The average molecular weight is 751 g/mol. The molecule has 0 aliphatic rings. The summed E-state index contributed by atoms with van der Waals surface area (Å²) < 4.78 is 0. The molecule has 0 saturated carbocycles. The molecule has 6 aromatic carbocycles. The fourth-order valence-electron chi connectivity index (χ4n) is 7.55. The second-order valence-electron chi connectivity index (χ2n) is 14.5. The predicted molar refractivity (Wildman–Crippen MR) is 233 cm³/mol. The molecule has 8 aromatic rings. The standard InChI is InChI=1S/C49H46N6O2/c56-48(44(32-34-18-4-1-5-19-34)54-46-36-22-8-12-26-40(36)52-41-27-13-9-23-37(41)46)50-30-16-3-17-31-51-49(57)45(33-35-20-6-2-7-21-35)55-47-38-24-10-14-28-42(38)53-43-29-15-11-25-39(43)47/h1-2,4-15,18-29,44-45H,3,16-17,30-33H2,(H,50,56)(H,51,57)(H,52,54)(H,53,55). The van der Waals surface area contributed by atoms with E-state index in [0.717, 1.165) is 85.4 Å². The predicted octanol–water partition coefficient (Wildman–Crippen LogP) is 9.24. The molecule has 284 valence electrons. The van der Waals surface area contributed by atoms with Gasteiger partial charge in [-0.15, -0.1) is 0 Å². The van der Waals surface area contributed by atoms with Crippen molar-refractivity contribution in [1.29, 1.82) is 0 Å². The van der Waals surface area contributed by atoms with Gasteiger partial charge in [0.05, 0.1) is 33.4 Å². The Labute approximate surface area is 332 Å². The van der Waals surface area contributed by atoms with Gasteiger partial charge in [-0.2, -0.15) is 0 Å². The second-order valence-corrected chi connectivity index (χ2v) is 14.5. The lowest BCUT2D eigenvalue weighted by molar-refractivity contribution is -0.122. The normalized spacial score (nSPS) is 12.4. The molecule has 8 nitrogen and oxygen atoms in total. The number of nitrogens with zero attached hydrogens (tertiary/aromatic N) is 2. The van der Waals surface area contributed by atoms with E-state index in [0.29, 0.717) is 25.9 Å². The van der Waals surface area contributed by atoms with E-state index in [1.165, 1.54) is 0 Å². The van der Waals surface area contributed by atoms with Crippen LogP contribution in [0.3, 0.4) is 0 Å². The van der Waals surface area contributed by atoms with Crippen LogP contribution in [0, 0.1) is 0 Å². The van der Waals surface area contributed by atoms with Gasteiger partial charge in [0.25, 0.3) is 0 Å². The van der Waals surface area contributed by atoms with Crippen molar-refractivity contribution in [3.8, 4) is 0 Å². The number of nitrogens with one attached hydrogen (secondary N) is 4. The summed E-state index contributed by atoms with van der Waals surface area (Å²) in [5.41, 5.74) is 7.50. The smallest absolute Gasteiger partial charge is 0.242 e. The molecule has 2 heterocycles. The van der Waals surface area contributed by atoms with E-state index >= 15 is 0 Å². The summed E-state index contributed by atoms with van der Waals surface area (Å²) in [6.07, 6.45) is 3.51. The Morgan fingerprint density at radius 2 is 0.719 bits per heavy atom. The minimum Gasteiger partial charge on any atom is -0.372 e. The molecule has 8 rings (SSSR count). The first-order valence-electron chi connectivity index (χ1n) is 19.8. The molecular formula is C49H46N6O2. The SMILES string of the molecule is O=C(NCCCCCNC(=O)C(Cc1ccccc1)Nc1c2ccccc2nc2ccccc12)C(Cc1ccccc1)Nc1c2ccccc2nc2ccccc12. The molecular weight excluding hydrogens is 705 g/mol. The summed E-state index contributed by atoms with van der Waals surface area (Å²) in [4.78, 5) is 37.5. The molecule has 2 aromatic heterocycles. The van der Waals surface area contributed by atoms with E-state index < -0.39 is 12.1 Å². The summed E-state index contributed by atoms with van der Waals surface area (Å²) in [7, 11) is 0. The van der Waals surface area contributed by atoms with Gasteiger partial charge in [0.15, 0.2) is 0 Å². The molecule has 0 spiro atoms. The first-order chi connectivity index (χ1) is 28.1. The second kappa shape index (κ2) is 17.8. The third-order valence-corrected chi connectivity index (χ3v) is 10.5. The number of aromatic nitrogens is 2. The van der Waals surface area contributed by atoms with Gasteiger partial charge in [0.2, 0.25) is 11.8 Å². The van der Waals surface area contributed by atoms with Crippen molar-refractivity contribution < 1.29 is 9.59 Å². The van der Waals surface area contributed by atoms with Gasteiger partial charge < -0.3 is 21.3 Å². The van der Waals surface area contributed by atoms with Crippen molar-refractivity contribution >= 4 is 66.8 Å². The molecule has 2 amide bonds. The van der Waals surface area contributed by atoms with Gasteiger partial charge in [-0.3, -0.25) is 9.59 Å². The van der Waals surface area contributed by atoms with E-state index in [2.05, 4.69) is 69.8 Å². The molecule has 0 saturated heterocycles. The van der Waals surface area contributed by atoms with E-state index in [1.54, 1.807) is 0 Å². The Balaban J connectivity index is 0.898. The zero-order valence-electron chi connectivity index (χ0n) is 31.8. The van der Waals surface area contributed by atoms with Crippen LogP contribution in [0.25, 0.3) is 43.6 Å². The Morgan fingerprint density at radius 3 is 1.07 bits per heavy atom. The van der Waals surface area contributed by atoms with Gasteiger partial charge >= 0.3 is 0 Å². The summed E-state index contributed by atoms with van der Waals surface area (Å²) in [6, 6.07) is 51.4. The fraction of sp³-hybridized carbons (Fsp3) is 0.184. The lowest BCUT2D eigenvalue weighted by Gasteiger charge is -2.22. The van der Waals surface area contributed by atoms with Gasteiger partial charge in [-0.05, 0) is 54.7 Å². The van der Waals surface area contributed by atoms with Crippen LogP contribution >= 0.6 is 0 Å². The molecule has 0 fully saturated rings. The summed E-state index contributed by atoms with van der Waals surface area (Å²) in [5, 5.41) is 17.6. The molecule has 2 unspecified atom stereocenters. The maximum absolute atomic E-state index is 13.9. The number of pyridine rings is 2. The highest BCUT2D eigenvalue weighted by Crippen LogP contribution is 2.33. The third kappa shape index (κ3) is 8.86. The number of unbranched alkanes of at least 4 members (excludes halogenated alkanes) is 2. The molecule has 0 aliphatic carbocycles. The Kier molecular flexibility index (Phi) is 11.6. The topological polar surface area (TPSA) is 108 Å². The van der Waals surface area contributed by atoms with Crippen LogP contribution in [0.5, 0.6) is 0 Å². The van der Waals surface area contributed by atoms with Gasteiger partial charge in [0, 0.05) is 47.5 Å². The quantitative estimate of drug-likeness (QED) is 0.0580. The van der Waals surface area contributed by atoms with Crippen LogP contribution in [-0.4, -0.2) is 47.0 Å². The lowest BCUT2D eigenvalue weighted by atomic mass is 10.0. The van der Waals surface area contributed by atoms with E-state index in [1.807, 2.05) is 109 Å². The number of rotatable bonds is 16. The molecule has 0 radical (unpaired) electrons. The van der Waals surface area contributed by atoms with Crippen LogP contribution in [0.4, 0.5) is 11.4 Å². The Bertz CT molecular complexity index is 2340. The highest BCUT2D eigenvalue weighted by atomic mass is 16.2. The van der Waals surface area contributed by atoms with Crippen molar-refractivity contribution in [2.24, 2.45) is 0 Å². The summed E-state index contributed by atoms with van der Waals surface area (Å²) >= 11 is 0. The number of para-hydroxylation sites is 4. The van der Waals surface area contributed by atoms with E-state index in [-0.39, 0.29) is 11.8 Å². The van der Waals surface area contributed by atoms with Crippen LogP contribution in [0.15, 0.2) is 158 Å². The Hall–Kier alpha value is -6.80. The highest BCUT2D eigenvalue weighted by Gasteiger charge is 2.23. The number of amides is 2. The fourth-order valence-corrected chi connectivity index (χ4v) is 7.55. The highest BCUT2D eigenvalue weighted by molar-refractivity contribution is 6.09. The minimum absolute atomic E-state index is 0.0527. The molecule has 57 heavy (non-hydrogen) atoms. The maximum atomic E-state index is 13.9. The van der Waals surface area contributed by atoms with E-state index in [9.17, 15) is 9.59 Å². The van der Waals surface area contributed by atoms with Crippen LogP contribution < -0.4 is 21.3 Å². The van der Waals surface area contributed by atoms with Crippen molar-refractivity contribution in [3.63, 3.8) is 0 Å². The van der Waals surface area contributed by atoms with Crippen molar-refractivity contribution in [2.45, 2.75) is 44.2 Å². The zero-order valence-corrected chi connectivity index (χ0v) is 31.8. The average Bonchev–Trinajstić information content (AvgIpc) is 3.25. The van der Waals surface area contributed by atoms with Gasteiger partial charge in [0.1, 0.15) is 12.1 Å². The van der Waals surface area contributed by atoms with Crippen molar-refractivity contribution in [1.82, 2.24) is 20.6 Å². The summed E-state index contributed by atoms with van der Waals surface area (Å²) in [5.74, 6) is -0.105. The molecule has 0 bridgehead atoms. The first kappa shape index (κ1) is 37.1. The number of carbonyl (C=O) groups is 2. The number of fused-ring (bicyclic) bond motifs is 4. The monoisotopic (exact) mass is 750 g/mol. The minimum atomic E-state index is -0.496. The first-order valence-corrected chi connectivity index (χ1v) is 19.8. The Morgan fingerprint density at radius 1 is 0.404 bits per heavy atom. The largest absolute Gasteiger partial charge is 0.372 e.